The second-order valence-corrected chi connectivity index (χ2v) is 5.46. The molecule has 0 aliphatic rings. The van der Waals surface area contributed by atoms with E-state index in [4.69, 9.17) is 4.74 Å². The first kappa shape index (κ1) is 18.1. The lowest BCUT2D eigenvalue weighted by Gasteiger charge is -2.17. The van der Waals surface area contributed by atoms with Gasteiger partial charge in [-0.2, -0.15) is 0 Å². The van der Waals surface area contributed by atoms with Gasteiger partial charge in [0.2, 0.25) is 5.91 Å². The molecule has 2 rings (SSSR count). The zero-order chi connectivity index (χ0) is 18.4. The van der Waals surface area contributed by atoms with Crippen LogP contribution in [-0.2, 0) is 4.79 Å². The van der Waals surface area contributed by atoms with Gasteiger partial charge in [-0.3, -0.25) is 19.7 Å². The molecule has 7 heteroatoms. The standard InChI is InChI=1S/C18H18N2O5/c1-12(21)19-17(14-4-3-5-15(10-14)20(23)24)11-18(22)13-6-8-16(25-2)9-7-13/h3-10,17H,11H2,1-2H3,(H,19,21). The molecule has 2 aromatic carbocycles. The van der Waals surface area contributed by atoms with Crippen LogP contribution in [0.5, 0.6) is 5.75 Å². The summed E-state index contributed by atoms with van der Waals surface area (Å²) in [6.07, 6.45) is -0.00687. The summed E-state index contributed by atoms with van der Waals surface area (Å²) in [5.41, 5.74) is 0.887. The fourth-order valence-corrected chi connectivity index (χ4v) is 2.43. The van der Waals surface area contributed by atoms with E-state index in [0.717, 1.165) is 0 Å². The van der Waals surface area contributed by atoms with Gasteiger partial charge in [-0.1, -0.05) is 12.1 Å². The van der Waals surface area contributed by atoms with E-state index in [2.05, 4.69) is 5.32 Å². The molecule has 130 valence electrons. The van der Waals surface area contributed by atoms with Crippen molar-refractivity contribution in [3.8, 4) is 5.75 Å². The molecule has 0 aliphatic carbocycles. The highest BCUT2D eigenvalue weighted by molar-refractivity contribution is 5.96. The van der Waals surface area contributed by atoms with E-state index in [9.17, 15) is 19.7 Å². The number of amides is 1. The normalized spacial score (nSPS) is 11.4. The Hall–Kier alpha value is -3.22. The van der Waals surface area contributed by atoms with E-state index in [0.29, 0.717) is 16.9 Å². The number of hydrogen-bond donors (Lipinski definition) is 1. The lowest BCUT2D eigenvalue weighted by molar-refractivity contribution is -0.384. The second kappa shape index (κ2) is 8.05. The van der Waals surface area contributed by atoms with Crippen LogP contribution in [0, 0.1) is 10.1 Å². The van der Waals surface area contributed by atoms with Crippen LogP contribution in [0.3, 0.4) is 0 Å². The minimum atomic E-state index is -0.646. The molecular weight excluding hydrogens is 324 g/mol. The number of nitro benzene ring substituents is 1. The molecule has 0 fully saturated rings. The van der Waals surface area contributed by atoms with Gasteiger partial charge in [0.25, 0.3) is 5.69 Å². The quantitative estimate of drug-likeness (QED) is 0.474. The number of hydrogen-bond acceptors (Lipinski definition) is 5. The van der Waals surface area contributed by atoms with Gasteiger partial charge in [-0.25, -0.2) is 0 Å². The topological polar surface area (TPSA) is 98.5 Å². The summed E-state index contributed by atoms with van der Waals surface area (Å²) in [5, 5.41) is 13.6. The monoisotopic (exact) mass is 342 g/mol. The molecule has 0 saturated carbocycles. The average molecular weight is 342 g/mol. The fourth-order valence-electron chi connectivity index (χ4n) is 2.43. The Balaban J connectivity index is 2.24. The van der Waals surface area contributed by atoms with Crippen molar-refractivity contribution in [1.82, 2.24) is 5.32 Å². The molecule has 0 heterocycles. The van der Waals surface area contributed by atoms with E-state index < -0.39 is 11.0 Å². The Morgan fingerprint density at radius 1 is 1.20 bits per heavy atom. The van der Waals surface area contributed by atoms with Crippen LogP contribution in [0.15, 0.2) is 48.5 Å². The molecule has 1 unspecified atom stereocenters. The number of carbonyl (C=O) groups excluding carboxylic acids is 2. The maximum atomic E-state index is 12.5. The van der Waals surface area contributed by atoms with Crippen molar-refractivity contribution in [1.29, 1.82) is 0 Å². The summed E-state index contributed by atoms with van der Waals surface area (Å²) < 4.78 is 5.06. The van der Waals surface area contributed by atoms with Crippen molar-refractivity contribution in [3.05, 3.63) is 69.8 Å². The summed E-state index contributed by atoms with van der Waals surface area (Å²) >= 11 is 0. The smallest absolute Gasteiger partial charge is 0.269 e. The molecule has 25 heavy (non-hydrogen) atoms. The molecule has 1 amide bonds. The molecule has 0 aromatic heterocycles. The third-order valence-corrected chi connectivity index (χ3v) is 3.66. The zero-order valence-corrected chi connectivity index (χ0v) is 13.9. The molecule has 0 spiro atoms. The third-order valence-electron chi connectivity index (χ3n) is 3.66. The number of nitrogens with one attached hydrogen (secondary N) is 1. The minimum absolute atomic E-state index is 0.00687. The van der Waals surface area contributed by atoms with Crippen molar-refractivity contribution in [2.75, 3.05) is 7.11 Å². The van der Waals surface area contributed by atoms with Crippen molar-refractivity contribution >= 4 is 17.4 Å². The second-order valence-electron chi connectivity index (χ2n) is 5.46. The highest BCUT2D eigenvalue weighted by Crippen LogP contribution is 2.24. The third kappa shape index (κ3) is 4.87. The fraction of sp³-hybridized carbons (Fsp3) is 0.222. The lowest BCUT2D eigenvalue weighted by Crippen LogP contribution is -2.28. The number of rotatable bonds is 7. The maximum Gasteiger partial charge on any atom is 0.269 e. The van der Waals surface area contributed by atoms with Crippen molar-refractivity contribution in [3.63, 3.8) is 0 Å². The number of Topliss-reactive ketones (excluding diaryl/α,β-unsaturated/α-hetero) is 1. The van der Waals surface area contributed by atoms with E-state index in [-0.39, 0.29) is 23.8 Å². The van der Waals surface area contributed by atoms with Gasteiger partial charge in [-0.05, 0) is 29.8 Å². The number of ketones is 1. The molecule has 7 nitrogen and oxygen atoms in total. The molecule has 0 saturated heterocycles. The largest absolute Gasteiger partial charge is 0.497 e. The Morgan fingerprint density at radius 3 is 2.44 bits per heavy atom. The van der Waals surface area contributed by atoms with Gasteiger partial charge in [0, 0.05) is 31.0 Å². The van der Waals surface area contributed by atoms with Gasteiger partial charge in [-0.15, -0.1) is 0 Å². The Morgan fingerprint density at radius 2 is 1.88 bits per heavy atom. The molecule has 0 aliphatic heterocycles. The van der Waals surface area contributed by atoms with E-state index in [1.807, 2.05) is 0 Å². The molecule has 1 N–H and O–H groups in total. The maximum absolute atomic E-state index is 12.5. The number of carbonyl (C=O) groups is 2. The van der Waals surface area contributed by atoms with Crippen molar-refractivity contribution in [2.45, 2.75) is 19.4 Å². The van der Waals surface area contributed by atoms with Crippen LogP contribution < -0.4 is 10.1 Å². The number of nitro groups is 1. The summed E-state index contributed by atoms with van der Waals surface area (Å²) in [5.74, 6) is 0.126. The van der Waals surface area contributed by atoms with Gasteiger partial charge >= 0.3 is 0 Å². The van der Waals surface area contributed by atoms with Crippen molar-refractivity contribution < 1.29 is 19.2 Å². The highest BCUT2D eigenvalue weighted by atomic mass is 16.6. The average Bonchev–Trinajstić information content (AvgIpc) is 2.61. The van der Waals surface area contributed by atoms with E-state index in [1.54, 1.807) is 30.3 Å². The van der Waals surface area contributed by atoms with Crippen LogP contribution in [-0.4, -0.2) is 23.7 Å². The van der Waals surface area contributed by atoms with Crippen LogP contribution >= 0.6 is 0 Å². The SMILES string of the molecule is COc1ccc(C(=O)CC(NC(C)=O)c2cccc([N+](=O)[O-])c2)cc1. The predicted molar refractivity (Wildman–Crippen MR) is 91.6 cm³/mol. The molecular formula is C18H18N2O5. The molecule has 1 atom stereocenters. The molecule has 0 bridgehead atoms. The molecule has 2 aromatic rings. The Kier molecular flexibility index (Phi) is 5.84. The first-order valence-electron chi connectivity index (χ1n) is 7.59. The van der Waals surface area contributed by atoms with Gasteiger partial charge < -0.3 is 10.1 Å². The van der Waals surface area contributed by atoms with Gasteiger partial charge in [0.15, 0.2) is 5.78 Å². The first-order chi connectivity index (χ1) is 11.9. The predicted octanol–water partition coefficient (Wildman–Crippen LogP) is 3.05. The van der Waals surface area contributed by atoms with Crippen LogP contribution in [0.2, 0.25) is 0 Å². The minimum Gasteiger partial charge on any atom is -0.497 e. The van der Waals surface area contributed by atoms with E-state index >= 15 is 0 Å². The van der Waals surface area contributed by atoms with Crippen LogP contribution in [0.25, 0.3) is 0 Å². The Bertz CT molecular complexity index is 786. The lowest BCUT2D eigenvalue weighted by atomic mass is 9.97. The number of ether oxygens (including phenoxy) is 1. The summed E-state index contributed by atoms with van der Waals surface area (Å²) in [6.45, 7) is 1.34. The summed E-state index contributed by atoms with van der Waals surface area (Å²) in [7, 11) is 1.53. The molecule has 0 radical (unpaired) electrons. The van der Waals surface area contributed by atoms with Gasteiger partial charge in [0.1, 0.15) is 5.75 Å². The van der Waals surface area contributed by atoms with Crippen LogP contribution in [0.4, 0.5) is 5.69 Å². The number of methoxy groups -OCH3 is 1. The van der Waals surface area contributed by atoms with Crippen molar-refractivity contribution in [2.24, 2.45) is 0 Å². The van der Waals surface area contributed by atoms with Crippen LogP contribution in [0.1, 0.15) is 35.3 Å². The van der Waals surface area contributed by atoms with E-state index in [1.165, 1.54) is 32.2 Å². The van der Waals surface area contributed by atoms with Gasteiger partial charge in [0.05, 0.1) is 18.1 Å². The number of non-ortho nitro benzene ring substituents is 1. The first-order valence-corrected chi connectivity index (χ1v) is 7.59. The zero-order valence-electron chi connectivity index (χ0n) is 13.9. The summed E-state index contributed by atoms with van der Waals surface area (Å²) in [6, 6.07) is 11.9. The number of benzene rings is 2. The Labute approximate surface area is 144 Å². The summed E-state index contributed by atoms with van der Waals surface area (Å²) in [4.78, 5) is 34.4. The highest BCUT2D eigenvalue weighted by Gasteiger charge is 2.20. The number of nitrogens with zero attached hydrogens (tertiary/aromatic N) is 1.